The maximum atomic E-state index is 11.4. The van der Waals surface area contributed by atoms with Crippen molar-refractivity contribution in [2.45, 2.75) is 25.2 Å². The Labute approximate surface area is 123 Å². The van der Waals surface area contributed by atoms with Gasteiger partial charge in [-0.3, -0.25) is 4.79 Å². The number of carbonyl (C=O) groups is 1. The molecule has 1 aromatic carbocycles. The van der Waals surface area contributed by atoms with E-state index in [1.54, 1.807) is 13.3 Å². The van der Waals surface area contributed by atoms with E-state index in [9.17, 15) is 9.90 Å². The summed E-state index contributed by atoms with van der Waals surface area (Å²) in [6, 6.07) is 9.75. The van der Waals surface area contributed by atoms with Crippen LogP contribution in [0.4, 0.5) is 0 Å². The van der Waals surface area contributed by atoms with Crippen molar-refractivity contribution in [3.05, 3.63) is 47.7 Å². The molecule has 4 heteroatoms. The molecule has 0 radical (unpaired) electrons. The van der Waals surface area contributed by atoms with Gasteiger partial charge in [0.25, 0.3) is 0 Å². The number of aliphatic carboxylic acids is 1. The van der Waals surface area contributed by atoms with Crippen molar-refractivity contribution in [1.29, 1.82) is 0 Å². The van der Waals surface area contributed by atoms with Gasteiger partial charge in [-0.2, -0.15) is 0 Å². The molecule has 2 aromatic rings. The molecule has 0 amide bonds. The van der Waals surface area contributed by atoms with Gasteiger partial charge in [0.15, 0.2) is 0 Å². The minimum absolute atomic E-state index is 0.610. The SMILES string of the molecule is COc1ncc(-c2cccc(C3(C(=O)O)CC3)c2)cc1C. The first-order valence-electron chi connectivity index (χ1n) is 6.92. The zero-order valence-electron chi connectivity index (χ0n) is 12.1. The number of ether oxygens (including phenoxy) is 1. The van der Waals surface area contributed by atoms with Crippen LogP contribution in [0, 0.1) is 6.92 Å². The normalized spacial score (nSPS) is 15.5. The topological polar surface area (TPSA) is 59.4 Å². The summed E-state index contributed by atoms with van der Waals surface area (Å²) in [5.41, 5.74) is 3.11. The Balaban J connectivity index is 2.01. The number of benzene rings is 1. The number of carboxylic acid groups (broad SMARTS) is 1. The molecule has 1 N–H and O–H groups in total. The molecule has 0 unspecified atom stereocenters. The third kappa shape index (κ3) is 2.27. The first-order chi connectivity index (χ1) is 10.1. The molecule has 0 saturated heterocycles. The summed E-state index contributed by atoms with van der Waals surface area (Å²) in [5.74, 6) is -0.122. The summed E-state index contributed by atoms with van der Waals surface area (Å²) < 4.78 is 5.17. The van der Waals surface area contributed by atoms with Gasteiger partial charge in [-0.1, -0.05) is 18.2 Å². The van der Waals surface area contributed by atoms with E-state index in [-0.39, 0.29) is 0 Å². The summed E-state index contributed by atoms with van der Waals surface area (Å²) >= 11 is 0. The lowest BCUT2D eigenvalue weighted by molar-refractivity contribution is -0.140. The van der Waals surface area contributed by atoms with E-state index in [1.165, 1.54) is 0 Å². The highest BCUT2D eigenvalue weighted by atomic mass is 16.5. The van der Waals surface area contributed by atoms with Crippen molar-refractivity contribution in [1.82, 2.24) is 4.98 Å². The highest BCUT2D eigenvalue weighted by Crippen LogP contribution is 2.49. The third-order valence-electron chi connectivity index (χ3n) is 4.13. The number of carboxylic acids is 1. The molecule has 1 aliphatic rings. The van der Waals surface area contributed by atoms with E-state index in [2.05, 4.69) is 4.98 Å². The van der Waals surface area contributed by atoms with Crippen LogP contribution in [0.3, 0.4) is 0 Å². The Hall–Kier alpha value is -2.36. The molecule has 0 bridgehead atoms. The fourth-order valence-electron chi connectivity index (χ4n) is 2.68. The van der Waals surface area contributed by atoms with E-state index in [4.69, 9.17) is 4.74 Å². The number of aryl methyl sites for hydroxylation is 1. The van der Waals surface area contributed by atoms with Gasteiger partial charge in [-0.15, -0.1) is 0 Å². The Morgan fingerprint density at radius 2 is 2.05 bits per heavy atom. The van der Waals surface area contributed by atoms with Gasteiger partial charge in [-0.25, -0.2) is 4.98 Å². The molecule has 4 nitrogen and oxygen atoms in total. The van der Waals surface area contributed by atoms with Crippen LogP contribution < -0.4 is 4.74 Å². The molecule has 0 spiro atoms. The smallest absolute Gasteiger partial charge is 0.314 e. The van der Waals surface area contributed by atoms with E-state index < -0.39 is 11.4 Å². The lowest BCUT2D eigenvalue weighted by atomic mass is 9.93. The summed E-state index contributed by atoms with van der Waals surface area (Å²) in [7, 11) is 1.60. The van der Waals surface area contributed by atoms with Crippen molar-refractivity contribution in [2.24, 2.45) is 0 Å². The molecular formula is C17H17NO3. The molecule has 0 atom stereocenters. The Bertz CT molecular complexity index is 705. The average molecular weight is 283 g/mol. The minimum atomic E-state index is -0.733. The predicted molar refractivity (Wildman–Crippen MR) is 79.5 cm³/mol. The van der Waals surface area contributed by atoms with Gasteiger partial charge >= 0.3 is 5.97 Å². The van der Waals surface area contributed by atoms with Crippen molar-refractivity contribution in [3.8, 4) is 17.0 Å². The van der Waals surface area contributed by atoms with Gasteiger partial charge in [0, 0.05) is 17.3 Å². The molecular weight excluding hydrogens is 266 g/mol. The van der Waals surface area contributed by atoms with E-state index in [1.807, 2.05) is 37.3 Å². The predicted octanol–water partition coefficient (Wildman–Crippen LogP) is 3.18. The van der Waals surface area contributed by atoms with Crippen LogP contribution in [0.25, 0.3) is 11.1 Å². The van der Waals surface area contributed by atoms with Crippen LogP contribution in [0.2, 0.25) is 0 Å². The van der Waals surface area contributed by atoms with Crippen LogP contribution >= 0.6 is 0 Å². The van der Waals surface area contributed by atoms with Gasteiger partial charge in [0.2, 0.25) is 5.88 Å². The average Bonchev–Trinajstić information content (AvgIpc) is 3.29. The molecule has 1 aromatic heterocycles. The van der Waals surface area contributed by atoms with Crippen LogP contribution in [0.5, 0.6) is 5.88 Å². The maximum absolute atomic E-state index is 11.4. The van der Waals surface area contributed by atoms with Crippen molar-refractivity contribution >= 4 is 5.97 Å². The van der Waals surface area contributed by atoms with E-state index >= 15 is 0 Å². The number of pyridine rings is 1. The van der Waals surface area contributed by atoms with Crippen molar-refractivity contribution < 1.29 is 14.6 Å². The lowest BCUT2D eigenvalue weighted by Crippen LogP contribution is -2.19. The Morgan fingerprint density at radius 1 is 1.29 bits per heavy atom. The number of methoxy groups -OCH3 is 1. The van der Waals surface area contributed by atoms with Crippen LogP contribution in [0.1, 0.15) is 24.0 Å². The first kappa shape index (κ1) is 13.6. The molecule has 1 saturated carbocycles. The fourth-order valence-corrected chi connectivity index (χ4v) is 2.68. The number of hydrogen-bond acceptors (Lipinski definition) is 3. The number of rotatable bonds is 4. The summed E-state index contributed by atoms with van der Waals surface area (Å²) in [4.78, 5) is 15.7. The quantitative estimate of drug-likeness (QED) is 0.936. The maximum Gasteiger partial charge on any atom is 0.314 e. The molecule has 0 aliphatic heterocycles. The Morgan fingerprint density at radius 3 is 2.62 bits per heavy atom. The molecule has 3 rings (SSSR count). The summed E-state index contributed by atoms with van der Waals surface area (Å²) in [5, 5.41) is 9.40. The highest BCUT2D eigenvalue weighted by Gasteiger charge is 2.51. The standard InChI is InChI=1S/C17H17NO3/c1-11-8-13(10-18-15(11)21-2)12-4-3-5-14(9-12)17(6-7-17)16(19)20/h3-5,8-10H,6-7H2,1-2H3,(H,19,20). The molecule has 21 heavy (non-hydrogen) atoms. The second-order valence-electron chi connectivity index (χ2n) is 5.52. The largest absolute Gasteiger partial charge is 0.481 e. The van der Waals surface area contributed by atoms with Crippen LogP contribution in [-0.4, -0.2) is 23.2 Å². The van der Waals surface area contributed by atoms with Crippen molar-refractivity contribution in [3.63, 3.8) is 0 Å². The summed E-state index contributed by atoms with van der Waals surface area (Å²) in [6.45, 7) is 1.94. The zero-order valence-corrected chi connectivity index (χ0v) is 12.1. The van der Waals surface area contributed by atoms with Gasteiger partial charge in [0.1, 0.15) is 0 Å². The fraction of sp³-hybridized carbons (Fsp3) is 0.294. The molecule has 108 valence electrons. The second kappa shape index (κ2) is 4.88. The number of hydrogen-bond donors (Lipinski definition) is 1. The van der Waals surface area contributed by atoms with Crippen molar-refractivity contribution in [2.75, 3.05) is 7.11 Å². The lowest BCUT2D eigenvalue weighted by Gasteiger charge is -2.12. The molecule has 1 aliphatic carbocycles. The third-order valence-corrected chi connectivity index (χ3v) is 4.13. The van der Waals surface area contributed by atoms with Gasteiger partial charge in [0.05, 0.1) is 12.5 Å². The van der Waals surface area contributed by atoms with E-state index in [0.29, 0.717) is 18.7 Å². The molecule has 1 fully saturated rings. The number of aromatic nitrogens is 1. The zero-order chi connectivity index (χ0) is 15.0. The van der Waals surface area contributed by atoms with E-state index in [0.717, 1.165) is 22.3 Å². The molecule has 1 heterocycles. The van der Waals surface area contributed by atoms with Gasteiger partial charge < -0.3 is 9.84 Å². The Kier molecular flexibility index (Phi) is 3.16. The highest BCUT2D eigenvalue weighted by molar-refractivity contribution is 5.85. The monoisotopic (exact) mass is 283 g/mol. The number of nitrogens with zero attached hydrogens (tertiary/aromatic N) is 1. The van der Waals surface area contributed by atoms with Crippen LogP contribution in [-0.2, 0) is 10.2 Å². The van der Waals surface area contributed by atoms with Crippen LogP contribution in [0.15, 0.2) is 36.5 Å². The minimum Gasteiger partial charge on any atom is -0.481 e. The van der Waals surface area contributed by atoms with Gasteiger partial charge in [-0.05, 0) is 43.0 Å². The second-order valence-corrected chi connectivity index (χ2v) is 5.52. The summed E-state index contributed by atoms with van der Waals surface area (Å²) in [6.07, 6.45) is 3.18. The first-order valence-corrected chi connectivity index (χ1v) is 6.92.